The van der Waals surface area contributed by atoms with Gasteiger partial charge in [-0.25, -0.2) is 5.43 Å². The molecule has 19 heavy (non-hydrogen) atoms. The number of aryl methyl sites for hydroxylation is 2. The summed E-state index contributed by atoms with van der Waals surface area (Å²) in [4.78, 5) is 0. The fraction of sp³-hybridized carbons (Fsp3) is 0.200. The zero-order chi connectivity index (χ0) is 14.0. The smallest absolute Gasteiger partial charge is 0.0733 e. The second-order valence-corrected chi connectivity index (χ2v) is 5.65. The summed E-state index contributed by atoms with van der Waals surface area (Å²) in [6.07, 6.45) is 0. The molecule has 4 heteroatoms. The third kappa shape index (κ3) is 2.97. The lowest BCUT2D eigenvalue weighted by Crippen LogP contribution is -2.30. The molecule has 1 atom stereocenters. The van der Waals surface area contributed by atoms with E-state index in [9.17, 15) is 0 Å². The van der Waals surface area contributed by atoms with Crippen LogP contribution in [0.2, 0.25) is 0 Å². The van der Waals surface area contributed by atoms with E-state index < -0.39 is 0 Å². The normalized spacial score (nSPS) is 12.4. The summed E-state index contributed by atoms with van der Waals surface area (Å²) in [5, 5.41) is 0. The Kier molecular flexibility index (Phi) is 4.24. The molecule has 0 saturated heterocycles. The number of anilines is 1. The molecule has 0 aromatic heterocycles. The maximum Gasteiger partial charge on any atom is 0.0733 e. The molecular weight excluding hydrogens is 302 g/mol. The Labute approximate surface area is 122 Å². The lowest BCUT2D eigenvalue weighted by Gasteiger charge is -2.21. The van der Waals surface area contributed by atoms with Gasteiger partial charge in [-0.2, -0.15) is 0 Å². The first-order chi connectivity index (χ1) is 9.02. The summed E-state index contributed by atoms with van der Waals surface area (Å²) in [5.74, 6) is 5.75. The molecule has 0 amide bonds. The Morgan fingerprint density at radius 1 is 1.05 bits per heavy atom. The molecule has 2 aromatic carbocycles. The van der Waals surface area contributed by atoms with Crippen molar-refractivity contribution < 1.29 is 0 Å². The van der Waals surface area contributed by atoms with Gasteiger partial charge in [-0.3, -0.25) is 5.84 Å². The minimum absolute atomic E-state index is 0.114. The fourth-order valence-corrected chi connectivity index (χ4v) is 2.59. The highest BCUT2D eigenvalue weighted by atomic mass is 79.9. The first kappa shape index (κ1) is 14.1. The molecule has 0 aliphatic rings. The Balaban J connectivity index is 2.55. The first-order valence-corrected chi connectivity index (χ1v) is 6.90. The van der Waals surface area contributed by atoms with E-state index in [2.05, 4.69) is 53.4 Å². The third-order valence-corrected chi connectivity index (χ3v) is 3.77. The van der Waals surface area contributed by atoms with Crippen LogP contribution in [0, 0.1) is 13.8 Å². The van der Waals surface area contributed by atoms with E-state index in [1.165, 1.54) is 11.1 Å². The van der Waals surface area contributed by atoms with Crippen LogP contribution in [-0.2, 0) is 0 Å². The third-order valence-electron chi connectivity index (χ3n) is 3.27. The minimum atomic E-state index is -0.114. The number of rotatable bonds is 3. The van der Waals surface area contributed by atoms with Gasteiger partial charge in [-0.1, -0.05) is 39.7 Å². The molecule has 5 N–H and O–H groups in total. The number of hydrogen-bond donors (Lipinski definition) is 3. The Morgan fingerprint density at radius 3 is 2.47 bits per heavy atom. The van der Waals surface area contributed by atoms with Crippen LogP contribution < -0.4 is 17.0 Å². The van der Waals surface area contributed by atoms with E-state index in [4.69, 9.17) is 11.6 Å². The van der Waals surface area contributed by atoms with Gasteiger partial charge in [0.15, 0.2) is 0 Å². The number of hydrogen-bond acceptors (Lipinski definition) is 3. The van der Waals surface area contributed by atoms with Gasteiger partial charge >= 0.3 is 0 Å². The van der Waals surface area contributed by atoms with E-state index in [0.717, 1.165) is 21.3 Å². The van der Waals surface area contributed by atoms with Crippen molar-refractivity contribution in [3.05, 3.63) is 63.1 Å². The lowest BCUT2D eigenvalue weighted by molar-refractivity contribution is 0.634. The van der Waals surface area contributed by atoms with Crippen LogP contribution in [0.1, 0.15) is 28.3 Å². The molecule has 0 aliphatic carbocycles. The number of nitrogens with one attached hydrogen (secondary N) is 1. The highest BCUT2D eigenvalue weighted by Crippen LogP contribution is 2.30. The average Bonchev–Trinajstić information content (AvgIpc) is 2.38. The van der Waals surface area contributed by atoms with E-state index in [1.807, 2.05) is 18.2 Å². The van der Waals surface area contributed by atoms with Crippen molar-refractivity contribution in [3.8, 4) is 0 Å². The number of halogens is 1. The van der Waals surface area contributed by atoms with Crippen LogP contribution in [-0.4, -0.2) is 0 Å². The van der Waals surface area contributed by atoms with Crippen LogP contribution in [0.15, 0.2) is 40.9 Å². The summed E-state index contributed by atoms with van der Waals surface area (Å²) in [5.41, 5.74) is 14.2. The maximum absolute atomic E-state index is 6.07. The molecule has 0 bridgehead atoms. The summed E-state index contributed by atoms with van der Waals surface area (Å²) >= 11 is 3.48. The molecule has 100 valence electrons. The van der Waals surface area contributed by atoms with Crippen LogP contribution in [0.3, 0.4) is 0 Å². The molecule has 2 aromatic rings. The first-order valence-electron chi connectivity index (χ1n) is 6.11. The molecule has 0 heterocycles. The summed E-state index contributed by atoms with van der Waals surface area (Å²) in [7, 11) is 0. The van der Waals surface area contributed by atoms with Crippen molar-refractivity contribution in [2.45, 2.75) is 19.9 Å². The molecule has 0 spiro atoms. The average molecular weight is 320 g/mol. The van der Waals surface area contributed by atoms with Crippen molar-refractivity contribution in [3.63, 3.8) is 0 Å². The van der Waals surface area contributed by atoms with Gasteiger partial charge in [-0.15, -0.1) is 0 Å². The fourth-order valence-electron chi connectivity index (χ4n) is 2.21. The quantitative estimate of drug-likeness (QED) is 0.462. The zero-order valence-corrected chi connectivity index (χ0v) is 12.7. The van der Waals surface area contributed by atoms with Crippen molar-refractivity contribution >= 4 is 21.6 Å². The van der Waals surface area contributed by atoms with E-state index in [1.54, 1.807) is 0 Å². The van der Waals surface area contributed by atoms with Gasteiger partial charge in [-0.05, 0) is 48.7 Å². The van der Waals surface area contributed by atoms with Crippen molar-refractivity contribution in [2.75, 3.05) is 5.73 Å². The summed E-state index contributed by atoms with van der Waals surface area (Å²) < 4.78 is 0.988. The molecule has 0 aliphatic heterocycles. The number of nitrogen functional groups attached to an aromatic ring is 1. The second-order valence-electron chi connectivity index (χ2n) is 4.73. The Hall–Kier alpha value is -1.36. The van der Waals surface area contributed by atoms with Crippen molar-refractivity contribution in [2.24, 2.45) is 5.84 Å². The predicted molar refractivity (Wildman–Crippen MR) is 83.6 cm³/mol. The van der Waals surface area contributed by atoms with Gasteiger partial charge in [0, 0.05) is 10.2 Å². The zero-order valence-electron chi connectivity index (χ0n) is 11.1. The largest absolute Gasteiger partial charge is 0.398 e. The van der Waals surface area contributed by atoms with Crippen LogP contribution >= 0.6 is 15.9 Å². The van der Waals surface area contributed by atoms with Crippen LogP contribution in [0.4, 0.5) is 5.69 Å². The number of nitrogens with two attached hydrogens (primary N) is 2. The SMILES string of the molecule is Cc1ccc(C)c(C(NN)c2cc(Br)ccc2N)c1. The topological polar surface area (TPSA) is 64.1 Å². The number of hydrazine groups is 1. The van der Waals surface area contributed by atoms with Gasteiger partial charge < -0.3 is 5.73 Å². The number of benzene rings is 2. The monoisotopic (exact) mass is 319 g/mol. The summed E-state index contributed by atoms with van der Waals surface area (Å²) in [6, 6.07) is 12.0. The molecule has 0 saturated carbocycles. The van der Waals surface area contributed by atoms with Crippen LogP contribution in [0.25, 0.3) is 0 Å². The van der Waals surface area contributed by atoms with Gasteiger partial charge in [0.1, 0.15) is 0 Å². The lowest BCUT2D eigenvalue weighted by atomic mass is 9.93. The molecular formula is C15H18BrN3. The van der Waals surface area contributed by atoms with E-state index >= 15 is 0 Å². The van der Waals surface area contributed by atoms with E-state index in [0.29, 0.717) is 0 Å². The molecule has 3 nitrogen and oxygen atoms in total. The van der Waals surface area contributed by atoms with Gasteiger partial charge in [0.2, 0.25) is 0 Å². The predicted octanol–water partition coefficient (Wildman–Crippen LogP) is 3.20. The highest BCUT2D eigenvalue weighted by Gasteiger charge is 2.17. The Bertz CT molecular complexity index is 544. The van der Waals surface area contributed by atoms with Crippen molar-refractivity contribution in [1.29, 1.82) is 0 Å². The van der Waals surface area contributed by atoms with E-state index in [-0.39, 0.29) is 6.04 Å². The molecule has 2 rings (SSSR count). The Morgan fingerprint density at radius 2 is 1.79 bits per heavy atom. The second kappa shape index (κ2) is 5.74. The molecule has 0 radical (unpaired) electrons. The maximum atomic E-state index is 6.07. The molecule has 0 fully saturated rings. The standard InChI is InChI=1S/C15H18BrN3/c1-9-3-4-10(2)12(7-9)15(19-18)13-8-11(16)5-6-14(13)17/h3-8,15,19H,17-18H2,1-2H3. The molecule has 1 unspecified atom stereocenters. The van der Waals surface area contributed by atoms with Crippen LogP contribution in [0.5, 0.6) is 0 Å². The van der Waals surface area contributed by atoms with Gasteiger partial charge in [0.05, 0.1) is 6.04 Å². The minimum Gasteiger partial charge on any atom is -0.398 e. The van der Waals surface area contributed by atoms with Crippen molar-refractivity contribution in [1.82, 2.24) is 5.43 Å². The highest BCUT2D eigenvalue weighted by molar-refractivity contribution is 9.10. The van der Waals surface area contributed by atoms with Gasteiger partial charge in [0.25, 0.3) is 0 Å². The summed E-state index contributed by atoms with van der Waals surface area (Å²) in [6.45, 7) is 4.15.